The predicted molar refractivity (Wildman–Crippen MR) is 60.2 cm³/mol. The molecule has 1 saturated carbocycles. The van der Waals surface area contributed by atoms with Gasteiger partial charge in [0.2, 0.25) is 0 Å². The Morgan fingerprint density at radius 1 is 1.47 bits per heavy atom. The van der Waals surface area contributed by atoms with Crippen molar-refractivity contribution < 1.29 is 4.74 Å². The third-order valence-electron chi connectivity index (χ3n) is 4.07. The van der Waals surface area contributed by atoms with Crippen LogP contribution in [-0.4, -0.2) is 13.2 Å². The van der Waals surface area contributed by atoms with E-state index in [4.69, 9.17) is 10.5 Å². The minimum atomic E-state index is 0.308. The Balaban J connectivity index is 2.13. The van der Waals surface area contributed by atoms with Gasteiger partial charge in [-0.3, -0.25) is 0 Å². The summed E-state index contributed by atoms with van der Waals surface area (Å²) in [5.41, 5.74) is 9.27. The molecule has 1 spiro atoms. The van der Waals surface area contributed by atoms with Gasteiger partial charge < -0.3 is 10.5 Å². The van der Waals surface area contributed by atoms with Crippen LogP contribution in [0.5, 0.6) is 5.75 Å². The second-order valence-electron chi connectivity index (χ2n) is 4.81. The molecule has 1 fully saturated rings. The highest BCUT2D eigenvalue weighted by molar-refractivity contribution is 5.50. The molecule has 2 nitrogen and oxygen atoms in total. The molecule has 0 amide bonds. The van der Waals surface area contributed by atoms with Crippen LogP contribution in [0.1, 0.15) is 30.4 Å². The predicted octanol–water partition coefficient (Wildman–Crippen LogP) is 2.00. The number of hydrogen-bond donors (Lipinski definition) is 1. The van der Waals surface area contributed by atoms with E-state index in [2.05, 4.69) is 18.2 Å². The van der Waals surface area contributed by atoms with Crippen molar-refractivity contribution >= 4 is 0 Å². The summed E-state index contributed by atoms with van der Waals surface area (Å²) < 4.78 is 5.43. The molecule has 2 heteroatoms. The van der Waals surface area contributed by atoms with Crippen LogP contribution in [0.15, 0.2) is 18.2 Å². The number of benzene rings is 1. The Hall–Kier alpha value is -1.02. The van der Waals surface area contributed by atoms with E-state index in [1.165, 1.54) is 24.0 Å². The van der Waals surface area contributed by atoms with Gasteiger partial charge in [-0.15, -0.1) is 0 Å². The van der Waals surface area contributed by atoms with Crippen LogP contribution in [0.4, 0.5) is 0 Å². The van der Waals surface area contributed by atoms with Crippen molar-refractivity contribution in [1.82, 2.24) is 0 Å². The van der Waals surface area contributed by atoms with Crippen molar-refractivity contribution in [3.63, 3.8) is 0 Å². The molecule has 0 aliphatic heterocycles. The van der Waals surface area contributed by atoms with E-state index < -0.39 is 0 Å². The standard InChI is InChI=1S/C13H17NO/c1-15-11-6-2-5-10-9(11)4-3-7-13(10)8-12(13)14/h2,5-6,12H,3-4,7-8,14H2,1H3. The highest BCUT2D eigenvalue weighted by atomic mass is 16.5. The quantitative estimate of drug-likeness (QED) is 0.757. The van der Waals surface area contributed by atoms with Crippen molar-refractivity contribution in [2.24, 2.45) is 5.73 Å². The molecule has 15 heavy (non-hydrogen) atoms. The Labute approximate surface area is 90.4 Å². The number of hydrogen-bond acceptors (Lipinski definition) is 2. The maximum Gasteiger partial charge on any atom is 0.122 e. The van der Waals surface area contributed by atoms with Gasteiger partial charge in [0.15, 0.2) is 0 Å². The lowest BCUT2D eigenvalue weighted by atomic mass is 9.79. The van der Waals surface area contributed by atoms with E-state index in [1.54, 1.807) is 7.11 Å². The lowest BCUT2D eigenvalue weighted by Crippen LogP contribution is -2.24. The molecule has 2 N–H and O–H groups in total. The van der Waals surface area contributed by atoms with E-state index in [9.17, 15) is 0 Å². The summed E-state index contributed by atoms with van der Waals surface area (Å²) in [5, 5.41) is 0. The molecule has 0 aromatic heterocycles. The summed E-state index contributed by atoms with van der Waals surface area (Å²) in [6.45, 7) is 0. The van der Waals surface area contributed by atoms with Crippen LogP contribution >= 0.6 is 0 Å². The summed E-state index contributed by atoms with van der Waals surface area (Å²) in [6, 6.07) is 6.77. The van der Waals surface area contributed by atoms with Gasteiger partial charge in [0.1, 0.15) is 5.75 Å². The Bertz CT molecular complexity index is 402. The van der Waals surface area contributed by atoms with Crippen molar-refractivity contribution in [3.8, 4) is 5.75 Å². The first-order valence-electron chi connectivity index (χ1n) is 5.70. The van der Waals surface area contributed by atoms with Crippen LogP contribution in [0.2, 0.25) is 0 Å². The van der Waals surface area contributed by atoms with Gasteiger partial charge in [0.05, 0.1) is 7.11 Å². The molecular formula is C13H17NO. The molecule has 1 aromatic carbocycles. The van der Waals surface area contributed by atoms with E-state index in [0.29, 0.717) is 11.5 Å². The van der Waals surface area contributed by atoms with Gasteiger partial charge in [0.25, 0.3) is 0 Å². The van der Waals surface area contributed by atoms with Gasteiger partial charge in [-0.1, -0.05) is 12.1 Å². The molecule has 0 heterocycles. The van der Waals surface area contributed by atoms with Crippen LogP contribution in [-0.2, 0) is 11.8 Å². The SMILES string of the molecule is COc1cccc2c1CCCC21CC1N. The molecule has 80 valence electrons. The first-order chi connectivity index (χ1) is 7.28. The van der Waals surface area contributed by atoms with Gasteiger partial charge in [-0.2, -0.15) is 0 Å². The van der Waals surface area contributed by atoms with Crippen molar-refractivity contribution in [2.45, 2.75) is 37.1 Å². The zero-order valence-electron chi connectivity index (χ0n) is 9.12. The summed E-state index contributed by atoms with van der Waals surface area (Å²) >= 11 is 0. The van der Waals surface area contributed by atoms with Crippen molar-refractivity contribution in [3.05, 3.63) is 29.3 Å². The molecule has 2 aliphatic carbocycles. The summed E-state index contributed by atoms with van der Waals surface area (Å²) in [6.07, 6.45) is 4.82. The first kappa shape index (κ1) is 9.22. The molecule has 2 unspecified atom stereocenters. The minimum Gasteiger partial charge on any atom is -0.496 e. The second-order valence-corrected chi connectivity index (χ2v) is 4.81. The molecule has 3 rings (SSSR count). The molecule has 0 radical (unpaired) electrons. The average Bonchev–Trinajstić information content (AvgIpc) is 2.90. The summed E-state index contributed by atoms with van der Waals surface area (Å²) in [7, 11) is 1.75. The molecule has 2 aliphatic rings. The number of nitrogens with two attached hydrogens (primary N) is 1. The van der Waals surface area contributed by atoms with Crippen molar-refractivity contribution in [2.75, 3.05) is 7.11 Å². The second kappa shape index (κ2) is 2.99. The van der Waals surface area contributed by atoms with E-state index in [1.807, 2.05) is 0 Å². The van der Waals surface area contributed by atoms with E-state index in [0.717, 1.165) is 18.6 Å². The van der Waals surface area contributed by atoms with Gasteiger partial charge in [-0.05, 0) is 42.9 Å². The lowest BCUT2D eigenvalue weighted by molar-refractivity contribution is 0.401. The monoisotopic (exact) mass is 203 g/mol. The normalized spacial score (nSPS) is 32.5. The fraction of sp³-hybridized carbons (Fsp3) is 0.538. The smallest absolute Gasteiger partial charge is 0.122 e. The van der Waals surface area contributed by atoms with Crippen LogP contribution in [0.25, 0.3) is 0 Å². The van der Waals surface area contributed by atoms with Crippen molar-refractivity contribution in [1.29, 1.82) is 0 Å². The molecule has 0 bridgehead atoms. The maximum absolute atomic E-state index is 6.10. The lowest BCUT2D eigenvalue weighted by Gasteiger charge is -2.27. The summed E-state index contributed by atoms with van der Waals surface area (Å²) in [4.78, 5) is 0. The van der Waals surface area contributed by atoms with Gasteiger partial charge in [0, 0.05) is 11.5 Å². The number of ether oxygens (including phenoxy) is 1. The Morgan fingerprint density at radius 3 is 2.93 bits per heavy atom. The van der Waals surface area contributed by atoms with Gasteiger partial charge in [-0.25, -0.2) is 0 Å². The Kier molecular flexibility index (Phi) is 1.84. The van der Waals surface area contributed by atoms with Crippen LogP contribution in [0.3, 0.4) is 0 Å². The first-order valence-corrected chi connectivity index (χ1v) is 5.70. The van der Waals surface area contributed by atoms with E-state index >= 15 is 0 Å². The van der Waals surface area contributed by atoms with Crippen LogP contribution in [0, 0.1) is 0 Å². The molecular weight excluding hydrogens is 186 g/mol. The molecule has 0 saturated heterocycles. The summed E-state index contributed by atoms with van der Waals surface area (Å²) in [5.74, 6) is 1.05. The topological polar surface area (TPSA) is 35.2 Å². The molecule has 2 atom stereocenters. The van der Waals surface area contributed by atoms with Gasteiger partial charge >= 0.3 is 0 Å². The van der Waals surface area contributed by atoms with Crippen LogP contribution < -0.4 is 10.5 Å². The zero-order valence-corrected chi connectivity index (χ0v) is 9.12. The number of methoxy groups -OCH3 is 1. The largest absolute Gasteiger partial charge is 0.496 e. The average molecular weight is 203 g/mol. The highest BCUT2D eigenvalue weighted by Crippen LogP contribution is 2.55. The number of fused-ring (bicyclic) bond motifs is 2. The van der Waals surface area contributed by atoms with E-state index in [-0.39, 0.29) is 0 Å². The highest BCUT2D eigenvalue weighted by Gasteiger charge is 2.54. The fourth-order valence-corrected chi connectivity index (χ4v) is 3.13. The third kappa shape index (κ3) is 1.14. The third-order valence-corrected chi connectivity index (χ3v) is 4.07. The molecule has 1 aromatic rings. The Morgan fingerprint density at radius 2 is 2.27 bits per heavy atom. The zero-order chi connectivity index (χ0) is 10.5. The maximum atomic E-state index is 6.10. The fourth-order valence-electron chi connectivity index (χ4n) is 3.13. The minimum absolute atomic E-state index is 0.308. The number of rotatable bonds is 1.